The molecule has 2 heterocycles. The van der Waals surface area contributed by atoms with Gasteiger partial charge in [0.25, 0.3) is 0 Å². The Kier molecular flexibility index (Phi) is 5.52. The van der Waals surface area contributed by atoms with Crippen molar-refractivity contribution in [1.82, 2.24) is 10.6 Å². The zero-order valence-electron chi connectivity index (χ0n) is 15.8. The van der Waals surface area contributed by atoms with E-state index < -0.39 is 9.84 Å². The Bertz CT molecular complexity index is 1170. The number of hydrogen-bond donors (Lipinski definition) is 2. The lowest BCUT2D eigenvalue weighted by Crippen LogP contribution is -2.32. The van der Waals surface area contributed by atoms with Crippen LogP contribution in [0.5, 0.6) is 0 Å². The maximum Gasteiger partial charge on any atom is 0.175 e. The molecule has 1 aliphatic heterocycles. The first-order valence-electron chi connectivity index (χ1n) is 8.85. The summed E-state index contributed by atoms with van der Waals surface area (Å²) >= 11 is 3.29. The quantitative estimate of drug-likeness (QED) is 0.592. The summed E-state index contributed by atoms with van der Waals surface area (Å²) in [7, 11) is -1.36. The first-order chi connectivity index (χ1) is 13.8. The summed E-state index contributed by atoms with van der Waals surface area (Å²) in [6.45, 7) is 0. The SMILES string of the molecule is CNC1NC(c2cc(-c3ccc(S(C)(=O)=O)cc3)c(-c3ccc(F)cc3)s2)=CS1. The van der Waals surface area contributed by atoms with Crippen molar-refractivity contribution < 1.29 is 12.8 Å². The van der Waals surface area contributed by atoms with Crippen molar-refractivity contribution in [2.75, 3.05) is 13.3 Å². The largest absolute Gasteiger partial charge is 0.359 e. The fraction of sp³-hybridized carbons (Fsp3) is 0.143. The monoisotopic (exact) mass is 446 g/mol. The van der Waals surface area contributed by atoms with E-state index in [1.54, 1.807) is 47.4 Å². The fourth-order valence-corrected chi connectivity index (χ4v) is 5.72. The van der Waals surface area contributed by atoms with Gasteiger partial charge in [-0.2, -0.15) is 0 Å². The molecule has 0 bridgehead atoms. The third-order valence-electron chi connectivity index (χ3n) is 4.57. The Hall–Kier alpha value is -2.13. The van der Waals surface area contributed by atoms with Crippen molar-refractivity contribution in [1.29, 1.82) is 0 Å². The number of benzene rings is 2. The summed E-state index contributed by atoms with van der Waals surface area (Å²) < 4.78 is 37.0. The summed E-state index contributed by atoms with van der Waals surface area (Å²) in [4.78, 5) is 2.36. The first kappa shape index (κ1) is 20.2. The molecular formula is C21H19FN2O2S3. The number of halogens is 1. The molecule has 29 heavy (non-hydrogen) atoms. The molecule has 0 aliphatic carbocycles. The van der Waals surface area contributed by atoms with Gasteiger partial charge >= 0.3 is 0 Å². The molecule has 8 heteroatoms. The summed E-state index contributed by atoms with van der Waals surface area (Å²) in [5, 5.41) is 8.68. The Morgan fingerprint density at radius 2 is 1.69 bits per heavy atom. The van der Waals surface area contributed by atoms with Gasteiger partial charge in [-0.3, -0.25) is 5.32 Å². The van der Waals surface area contributed by atoms with Crippen molar-refractivity contribution >= 4 is 38.6 Å². The Morgan fingerprint density at radius 3 is 2.28 bits per heavy atom. The van der Waals surface area contributed by atoms with Crippen LogP contribution in [0.3, 0.4) is 0 Å². The Morgan fingerprint density at radius 1 is 1.03 bits per heavy atom. The van der Waals surface area contributed by atoms with Crippen molar-refractivity contribution in [2.45, 2.75) is 10.4 Å². The van der Waals surface area contributed by atoms with Crippen LogP contribution in [0, 0.1) is 5.82 Å². The molecule has 150 valence electrons. The van der Waals surface area contributed by atoms with Crippen molar-refractivity contribution in [3.8, 4) is 21.6 Å². The second-order valence-electron chi connectivity index (χ2n) is 6.64. The Labute approximate surface area is 177 Å². The highest BCUT2D eigenvalue weighted by atomic mass is 32.2. The average molecular weight is 447 g/mol. The van der Waals surface area contributed by atoms with Gasteiger partial charge in [0.2, 0.25) is 0 Å². The molecule has 1 aromatic heterocycles. The van der Waals surface area contributed by atoms with Crippen LogP contribution in [0.4, 0.5) is 4.39 Å². The van der Waals surface area contributed by atoms with Gasteiger partial charge < -0.3 is 5.32 Å². The number of rotatable bonds is 5. The molecule has 0 saturated carbocycles. The fourth-order valence-electron chi connectivity index (χ4n) is 3.05. The van der Waals surface area contributed by atoms with E-state index in [4.69, 9.17) is 0 Å². The first-order valence-corrected chi connectivity index (χ1v) is 12.5. The molecule has 2 N–H and O–H groups in total. The smallest absolute Gasteiger partial charge is 0.175 e. The summed E-state index contributed by atoms with van der Waals surface area (Å²) in [5.74, 6) is -0.280. The van der Waals surface area contributed by atoms with Gasteiger partial charge in [-0.25, -0.2) is 12.8 Å². The van der Waals surface area contributed by atoms with Gasteiger partial charge in [0.15, 0.2) is 9.84 Å². The minimum Gasteiger partial charge on any atom is -0.359 e. The molecule has 4 rings (SSSR count). The maximum atomic E-state index is 13.4. The average Bonchev–Trinajstić information content (AvgIpc) is 3.35. The van der Waals surface area contributed by atoms with E-state index in [1.807, 2.05) is 19.2 Å². The summed E-state index contributed by atoms with van der Waals surface area (Å²) in [6, 6.07) is 15.4. The summed E-state index contributed by atoms with van der Waals surface area (Å²) in [5.41, 5.74) is 3.97. The van der Waals surface area contributed by atoms with Crippen LogP contribution in [0.25, 0.3) is 27.3 Å². The van der Waals surface area contributed by atoms with Crippen LogP contribution >= 0.6 is 23.1 Å². The topological polar surface area (TPSA) is 58.2 Å². The molecule has 1 unspecified atom stereocenters. The van der Waals surface area contributed by atoms with E-state index in [0.717, 1.165) is 32.1 Å². The van der Waals surface area contributed by atoms with E-state index >= 15 is 0 Å². The van der Waals surface area contributed by atoms with Crippen molar-refractivity contribution in [2.24, 2.45) is 0 Å². The molecule has 0 spiro atoms. The second kappa shape index (κ2) is 7.95. The van der Waals surface area contributed by atoms with Gasteiger partial charge in [0.05, 0.1) is 15.5 Å². The van der Waals surface area contributed by atoms with Gasteiger partial charge in [0.1, 0.15) is 11.3 Å². The van der Waals surface area contributed by atoms with Crippen LogP contribution in [-0.4, -0.2) is 27.2 Å². The van der Waals surface area contributed by atoms with E-state index in [0.29, 0.717) is 0 Å². The van der Waals surface area contributed by atoms with Gasteiger partial charge in [0, 0.05) is 16.7 Å². The molecule has 1 aliphatic rings. The number of thioether (sulfide) groups is 1. The number of sulfone groups is 1. The van der Waals surface area contributed by atoms with Crippen LogP contribution in [-0.2, 0) is 9.84 Å². The highest BCUT2D eigenvalue weighted by Crippen LogP contribution is 2.43. The van der Waals surface area contributed by atoms with E-state index in [-0.39, 0.29) is 16.2 Å². The predicted molar refractivity (Wildman–Crippen MR) is 120 cm³/mol. The van der Waals surface area contributed by atoms with Gasteiger partial charge in [-0.15, -0.1) is 11.3 Å². The molecule has 2 aromatic carbocycles. The molecule has 0 amide bonds. The standard InChI is InChI=1S/C21H19FN2O2S3/c1-23-21-24-18(12-27-21)19-11-17(13-5-9-16(10-6-13)29(2,25)26)20(28-19)14-3-7-15(22)8-4-14/h3-12,21,23-24H,1-2H3. The molecule has 1 atom stereocenters. The van der Waals surface area contributed by atoms with Crippen molar-refractivity contribution in [3.05, 3.63) is 70.7 Å². The van der Waals surface area contributed by atoms with Gasteiger partial charge in [-0.1, -0.05) is 36.0 Å². The molecule has 0 fully saturated rings. The zero-order valence-corrected chi connectivity index (χ0v) is 18.2. The Balaban J connectivity index is 1.80. The van der Waals surface area contributed by atoms with E-state index in [1.165, 1.54) is 18.4 Å². The molecular weight excluding hydrogens is 427 g/mol. The normalized spacial score (nSPS) is 16.5. The number of thiophene rings is 1. The van der Waals surface area contributed by atoms with Crippen LogP contribution in [0.15, 0.2) is 64.9 Å². The van der Waals surface area contributed by atoms with Crippen molar-refractivity contribution in [3.63, 3.8) is 0 Å². The molecule has 0 saturated heterocycles. The minimum absolute atomic E-state index is 0.124. The van der Waals surface area contributed by atoms with Crippen LogP contribution in [0.1, 0.15) is 4.88 Å². The highest BCUT2D eigenvalue weighted by molar-refractivity contribution is 8.03. The van der Waals surface area contributed by atoms with Crippen LogP contribution < -0.4 is 10.6 Å². The zero-order chi connectivity index (χ0) is 20.6. The lowest BCUT2D eigenvalue weighted by molar-refractivity contribution is 0.602. The number of nitrogens with one attached hydrogen (secondary N) is 2. The maximum absolute atomic E-state index is 13.4. The molecule has 0 radical (unpaired) electrons. The predicted octanol–water partition coefficient (Wildman–Crippen LogP) is 4.76. The molecule has 3 aromatic rings. The minimum atomic E-state index is -3.25. The lowest BCUT2D eigenvalue weighted by Gasteiger charge is -2.09. The van der Waals surface area contributed by atoms with Crippen LogP contribution in [0.2, 0.25) is 0 Å². The lowest BCUT2D eigenvalue weighted by atomic mass is 10.0. The van der Waals surface area contributed by atoms with E-state index in [2.05, 4.69) is 22.1 Å². The second-order valence-corrected chi connectivity index (χ2v) is 10.7. The summed E-state index contributed by atoms with van der Waals surface area (Å²) in [6.07, 6.45) is 1.20. The molecule has 4 nitrogen and oxygen atoms in total. The number of hydrogen-bond acceptors (Lipinski definition) is 6. The van der Waals surface area contributed by atoms with Gasteiger partial charge in [-0.05, 0) is 53.9 Å². The van der Waals surface area contributed by atoms with E-state index in [9.17, 15) is 12.8 Å². The third-order valence-corrected chi connectivity index (χ3v) is 7.91. The third kappa shape index (κ3) is 4.25. The highest BCUT2D eigenvalue weighted by Gasteiger charge is 2.21.